The van der Waals surface area contributed by atoms with Crippen LogP contribution in [0.3, 0.4) is 0 Å². The van der Waals surface area contributed by atoms with Gasteiger partial charge >= 0.3 is 0 Å². The SMILES string of the molecule is COc1nc(-c2cccc(-c3ccnc(-c4ccc5c(c4)CNC5)c3Cl)c2Cl)ccc1CNC[C@H](C)O. The van der Waals surface area contributed by atoms with Gasteiger partial charge in [0.2, 0.25) is 5.88 Å². The summed E-state index contributed by atoms with van der Waals surface area (Å²) in [6.45, 7) is 4.48. The minimum Gasteiger partial charge on any atom is -0.481 e. The fourth-order valence-electron chi connectivity index (χ4n) is 4.58. The van der Waals surface area contributed by atoms with Gasteiger partial charge in [0.1, 0.15) is 0 Å². The molecule has 1 aliphatic heterocycles. The van der Waals surface area contributed by atoms with Crippen LogP contribution in [0.15, 0.2) is 60.8 Å². The Morgan fingerprint density at radius 2 is 1.78 bits per heavy atom. The summed E-state index contributed by atoms with van der Waals surface area (Å²) < 4.78 is 5.54. The second kappa shape index (κ2) is 11.2. The number of nitrogens with one attached hydrogen (secondary N) is 2. The van der Waals surface area contributed by atoms with Crippen molar-refractivity contribution >= 4 is 23.2 Å². The number of rotatable bonds is 8. The molecule has 5 rings (SSSR count). The predicted octanol–water partition coefficient (Wildman–Crippen LogP) is 5.87. The van der Waals surface area contributed by atoms with E-state index in [1.54, 1.807) is 20.2 Å². The molecule has 0 fully saturated rings. The number of halogens is 2. The first-order chi connectivity index (χ1) is 18.0. The zero-order chi connectivity index (χ0) is 25.9. The molecule has 37 heavy (non-hydrogen) atoms. The molecule has 3 heterocycles. The number of aromatic nitrogens is 2. The molecule has 0 radical (unpaired) electrons. The molecule has 0 unspecified atom stereocenters. The lowest BCUT2D eigenvalue weighted by atomic mass is 9.98. The summed E-state index contributed by atoms with van der Waals surface area (Å²) in [5.41, 5.74) is 8.26. The second-order valence-electron chi connectivity index (χ2n) is 9.12. The van der Waals surface area contributed by atoms with Crippen LogP contribution in [0.2, 0.25) is 10.0 Å². The van der Waals surface area contributed by atoms with E-state index in [0.717, 1.165) is 46.6 Å². The highest BCUT2D eigenvalue weighted by Crippen LogP contribution is 2.42. The molecule has 0 spiro atoms. The van der Waals surface area contributed by atoms with Crippen LogP contribution in [-0.4, -0.2) is 34.8 Å². The fourth-order valence-corrected chi connectivity index (χ4v) is 5.23. The van der Waals surface area contributed by atoms with Crippen molar-refractivity contribution < 1.29 is 9.84 Å². The molecular formula is C29H28Cl2N4O2. The van der Waals surface area contributed by atoms with Gasteiger partial charge in [0.25, 0.3) is 0 Å². The number of ether oxygens (including phenoxy) is 1. The molecule has 8 heteroatoms. The molecule has 0 saturated heterocycles. The molecule has 4 aromatic rings. The van der Waals surface area contributed by atoms with Gasteiger partial charge in [0.05, 0.1) is 34.6 Å². The third-order valence-electron chi connectivity index (χ3n) is 6.45. The van der Waals surface area contributed by atoms with Crippen LogP contribution in [0.4, 0.5) is 0 Å². The lowest BCUT2D eigenvalue weighted by molar-refractivity contribution is 0.190. The van der Waals surface area contributed by atoms with Crippen LogP contribution in [0.25, 0.3) is 33.6 Å². The lowest BCUT2D eigenvalue weighted by Crippen LogP contribution is -2.24. The smallest absolute Gasteiger partial charge is 0.218 e. The highest BCUT2D eigenvalue weighted by Gasteiger charge is 2.19. The van der Waals surface area contributed by atoms with E-state index in [1.165, 1.54) is 11.1 Å². The van der Waals surface area contributed by atoms with E-state index in [2.05, 4.69) is 33.8 Å². The summed E-state index contributed by atoms with van der Waals surface area (Å²) >= 11 is 13.9. The Balaban J connectivity index is 1.50. The number of aliphatic hydroxyl groups is 1. The van der Waals surface area contributed by atoms with Gasteiger partial charge in [-0.15, -0.1) is 0 Å². The van der Waals surface area contributed by atoms with Crippen LogP contribution >= 0.6 is 23.2 Å². The summed E-state index contributed by atoms with van der Waals surface area (Å²) in [7, 11) is 1.59. The number of fused-ring (bicyclic) bond motifs is 1. The van der Waals surface area contributed by atoms with E-state index in [9.17, 15) is 5.11 Å². The molecular weight excluding hydrogens is 507 g/mol. The maximum Gasteiger partial charge on any atom is 0.218 e. The first-order valence-electron chi connectivity index (χ1n) is 12.2. The molecule has 0 saturated carbocycles. The van der Waals surface area contributed by atoms with Crippen molar-refractivity contribution in [3.05, 3.63) is 87.5 Å². The zero-order valence-corrected chi connectivity index (χ0v) is 22.2. The van der Waals surface area contributed by atoms with E-state index in [4.69, 9.17) is 32.9 Å². The van der Waals surface area contributed by atoms with Crippen molar-refractivity contribution in [2.75, 3.05) is 13.7 Å². The fraction of sp³-hybridized carbons (Fsp3) is 0.241. The summed E-state index contributed by atoms with van der Waals surface area (Å²) in [5.74, 6) is 0.507. The lowest BCUT2D eigenvalue weighted by Gasteiger charge is -2.15. The van der Waals surface area contributed by atoms with Crippen molar-refractivity contribution in [2.45, 2.75) is 32.7 Å². The molecule has 2 aromatic carbocycles. The van der Waals surface area contributed by atoms with Gasteiger partial charge in [-0.2, -0.15) is 0 Å². The van der Waals surface area contributed by atoms with Crippen molar-refractivity contribution in [1.82, 2.24) is 20.6 Å². The summed E-state index contributed by atoms with van der Waals surface area (Å²) in [6, 6.07) is 17.9. The number of aliphatic hydroxyl groups excluding tert-OH is 1. The Morgan fingerprint density at radius 3 is 2.59 bits per heavy atom. The topological polar surface area (TPSA) is 79.3 Å². The number of nitrogens with zero attached hydrogens (tertiary/aromatic N) is 2. The Kier molecular flexibility index (Phi) is 7.74. The first-order valence-corrected chi connectivity index (χ1v) is 12.9. The van der Waals surface area contributed by atoms with Crippen LogP contribution < -0.4 is 15.4 Å². The van der Waals surface area contributed by atoms with Crippen LogP contribution in [0.5, 0.6) is 5.88 Å². The van der Waals surface area contributed by atoms with Crippen molar-refractivity contribution in [1.29, 1.82) is 0 Å². The average molecular weight is 535 g/mol. The minimum absolute atomic E-state index is 0.431. The van der Waals surface area contributed by atoms with E-state index < -0.39 is 6.10 Å². The van der Waals surface area contributed by atoms with Gasteiger partial charge < -0.3 is 20.5 Å². The summed E-state index contributed by atoms with van der Waals surface area (Å²) in [6.07, 6.45) is 1.33. The standard InChI is InChI=1S/C29H28Cl2N4O2/c1-17(36)13-32-15-20-8-9-25(35-29(20)37-2)24-5-3-4-22(26(24)30)23-10-11-34-28(27(23)31)18-6-7-19-14-33-16-21(19)12-18/h3-12,17,32-33,36H,13-16H2,1-2H3/t17-/m0/s1. The van der Waals surface area contributed by atoms with E-state index in [-0.39, 0.29) is 0 Å². The summed E-state index contributed by atoms with van der Waals surface area (Å²) in [4.78, 5) is 9.31. The van der Waals surface area contributed by atoms with Crippen LogP contribution in [0.1, 0.15) is 23.6 Å². The second-order valence-corrected chi connectivity index (χ2v) is 9.88. The van der Waals surface area contributed by atoms with Crippen molar-refractivity contribution in [2.24, 2.45) is 0 Å². The maximum atomic E-state index is 9.50. The van der Waals surface area contributed by atoms with Crippen molar-refractivity contribution in [3.8, 4) is 39.5 Å². The molecule has 190 valence electrons. The molecule has 6 nitrogen and oxygen atoms in total. The average Bonchev–Trinajstić information content (AvgIpc) is 3.37. The van der Waals surface area contributed by atoms with E-state index >= 15 is 0 Å². The Labute approximate surface area is 226 Å². The van der Waals surface area contributed by atoms with Crippen LogP contribution in [-0.2, 0) is 19.6 Å². The predicted molar refractivity (Wildman–Crippen MR) is 149 cm³/mol. The highest BCUT2D eigenvalue weighted by atomic mass is 35.5. The number of hydrogen-bond donors (Lipinski definition) is 3. The third kappa shape index (κ3) is 5.35. The number of pyridine rings is 2. The van der Waals surface area contributed by atoms with E-state index in [1.807, 2.05) is 36.4 Å². The molecule has 2 aromatic heterocycles. The third-order valence-corrected chi connectivity index (χ3v) is 7.24. The van der Waals surface area contributed by atoms with Gasteiger partial charge in [-0.1, -0.05) is 59.6 Å². The van der Waals surface area contributed by atoms with Crippen molar-refractivity contribution in [3.63, 3.8) is 0 Å². The van der Waals surface area contributed by atoms with Gasteiger partial charge in [-0.25, -0.2) is 4.98 Å². The molecule has 1 aliphatic rings. The zero-order valence-electron chi connectivity index (χ0n) is 20.7. The maximum absolute atomic E-state index is 9.50. The monoisotopic (exact) mass is 534 g/mol. The van der Waals surface area contributed by atoms with Gasteiger partial charge in [-0.05, 0) is 36.2 Å². The Hall–Kier alpha value is -3.00. The quantitative estimate of drug-likeness (QED) is 0.262. The Morgan fingerprint density at radius 1 is 1.00 bits per heavy atom. The molecule has 0 amide bonds. The number of benzene rings is 2. The first kappa shape index (κ1) is 25.6. The van der Waals surface area contributed by atoms with Crippen LogP contribution in [0, 0.1) is 0 Å². The molecule has 1 atom stereocenters. The number of hydrogen-bond acceptors (Lipinski definition) is 6. The highest BCUT2D eigenvalue weighted by molar-refractivity contribution is 6.39. The van der Waals surface area contributed by atoms with E-state index in [0.29, 0.717) is 34.7 Å². The minimum atomic E-state index is -0.431. The molecule has 0 bridgehead atoms. The van der Waals surface area contributed by atoms with Gasteiger partial charge in [0.15, 0.2) is 0 Å². The largest absolute Gasteiger partial charge is 0.481 e. The summed E-state index contributed by atoms with van der Waals surface area (Å²) in [5, 5.41) is 17.2. The van der Waals surface area contributed by atoms with Gasteiger partial charge in [0, 0.05) is 60.2 Å². The normalized spacial score (nSPS) is 13.4. The Bertz CT molecular complexity index is 1440. The number of methoxy groups -OCH3 is 1. The molecule has 0 aliphatic carbocycles. The molecule has 3 N–H and O–H groups in total. The van der Waals surface area contributed by atoms with Gasteiger partial charge in [-0.3, -0.25) is 4.98 Å².